The molecule has 0 amide bonds. The Labute approximate surface area is 156 Å². The standard InChI is InChI=1S/C19H29NO5S/c1-3-4-13-24-17-5-7-18(8-6-17)26(22,23)19(9-11-20-12-10-19)14-16(2)25-15-21/h5-8,15-16,20H,3-4,9-14H2,1-2H3. The number of rotatable bonds is 10. The molecule has 0 spiro atoms. The molecular weight excluding hydrogens is 354 g/mol. The summed E-state index contributed by atoms with van der Waals surface area (Å²) in [5.74, 6) is 0.675. The van der Waals surface area contributed by atoms with Crippen molar-refractivity contribution in [1.29, 1.82) is 0 Å². The minimum Gasteiger partial charge on any atom is -0.494 e. The quantitative estimate of drug-likeness (QED) is 0.494. The van der Waals surface area contributed by atoms with Crippen molar-refractivity contribution >= 4 is 16.3 Å². The van der Waals surface area contributed by atoms with E-state index in [2.05, 4.69) is 12.2 Å². The molecule has 1 N–H and O–H groups in total. The van der Waals surface area contributed by atoms with Crippen LogP contribution in [0.15, 0.2) is 29.2 Å². The Morgan fingerprint density at radius 3 is 2.46 bits per heavy atom. The van der Waals surface area contributed by atoms with Gasteiger partial charge in [0.1, 0.15) is 11.9 Å². The summed E-state index contributed by atoms with van der Waals surface area (Å²) >= 11 is 0. The van der Waals surface area contributed by atoms with Gasteiger partial charge in [0, 0.05) is 6.42 Å². The van der Waals surface area contributed by atoms with Crippen LogP contribution < -0.4 is 10.1 Å². The van der Waals surface area contributed by atoms with Crippen LogP contribution in [0.1, 0.15) is 46.0 Å². The van der Waals surface area contributed by atoms with Gasteiger partial charge in [-0.15, -0.1) is 0 Å². The second-order valence-electron chi connectivity index (χ2n) is 6.86. The third kappa shape index (κ3) is 4.76. The molecule has 0 aliphatic carbocycles. The second-order valence-corrected chi connectivity index (χ2v) is 9.20. The molecule has 1 unspecified atom stereocenters. The lowest BCUT2D eigenvalue weighted by atomic mass is 9.91. The highest BCUT2D eigenvalue weighted by Crippen LogP contribution is 2.38. The van der Waals surface area contributed by atoms with Gasteiger partial charge in [-0.05, 0) is 63.5 Å². The molecule has 1 atom stereocenters. The Morgan fingerprint density at radius 2 is 1.88 bits per heavy atom. The van der Waals surface area contributed by atoms with Crippen molar-refractivity contribution in [2.45, 2.75) is 61.7 Å². The summed E-state index contributed by atoms with van der Waals surface area (Å²) in [5.41, 5.74) is 0. The number of ether oxygens (including phenoxy) is 2. The van der Waals surface area contributed by atoms with Gasteiger partial charge < -0.3 is 14.8 Å². The van der Waals surface area contributed by atoms with Crippen LogP contribution in [0.25, 0.3) is 0 Å². The Bertz CT molecular complexity index is 666. The minimum absolute atomic E-state index is 0.292. The summed E-state index contributed by atoms with van der Waals surface area (Å²) in [7, 11) is -3.57. The average molecular weight is 384 g/mol. The molecule has 1 aliphatic heterocycles. The van der Waals surface area contributed by atoms with Crippen molar-refractivity contribution in [1.82, 2.24) is 5.32 Å². The third-order valence-electron chi connectivity index (χ3n) is 4.93. The molecule has 1 fully saturated rings. The Balaban J connectivity index is 2.24. The molecule has 0 radical (unpaired) electrons. The first-order chi connectivity index (χ1) is 12.4. The predicted molar refractivity (Wildman–Crippen MR) is 100 cm³/mol. The smallest absolute Gasteiger partial charge is 0.293 e. The van der Waals surface area contributed by atoms with E-state index in [9.17, 15) is 13.2 Å². The maximum atomic E-state index is 13.4. The second kappa shape index (κ2) is 9.37. The van der Waals surface area contributed by atoms with Gasteiger partial charge in [-0.3, -0.25) is 4.79 Å². The van der Waals surface area contributed by atoms with Crippen molar-refractivity contribution in [3.63, 3.8) is 0 Å². The van der Waals surface area contributed by atoms with Crippen LogP contribution in [0.4, 0.5) is 0 Å². The van der Waals surface area contributed by atoms with E-state index in [1.807, 2.05) is 0 Å². The van der Waals surface area contributed by atoms with Crippen LogP contribution >= 0.6 is 0 Å². The minimum atomic E-state index is -3.57. The normalized spacial score (nSPS) is 18.1. The summed E-state index contributed by atoms with van der Waals surface area (Å²) in [5, 5.41) is 3.21. The van der Waals surface area contributed by atoms with Crippen molar-refractivity contribution in [2.24, 2.45) is 0 Å². The van der Waals surface area contributed by atoms with Gasteiger partial charge in [-0.2, -0.15) is 0 Å². The van der Waals surface area contributed by atoms with Gasteiger partial charge in [-0.1, -0.05) is 13.3 Å². The van der Waals surface area contributed by atoms with Crippen molar-refractivity contribution in [2.75, 3.05) is 19.7 Å². The number of carbonyl (C=O) groups is 1. The summed E-state index contributed by atoms with van der Waals surface area (Å²) in [6, 6.07) is 6.66. The van der Waals surface area contributed by atoms with E-state index in [0.29, 0.717) is 56.1 Å². The molecule has 1 heterocycles. The van der Waals surface area contributed by atoms with Crippen LogP contribution in [-0.4, -0.2) is 45.4 Å². The molecule has 146 valence electrons. The van der Waals surface area contributed by atoms with E-state index < -0.39 is 20.7 Å². The van der Waals surface area contributed by atoms with Crippen LogP contribution in [0.2, 0.25) is 0 Å². The third-order valence-corrected chi connectivity index (χ3v) is 7.54. The van der Waals surface area contributed by atoms with Crippen molar-refractivity contribution in [3.05, 3.63) is 24.3 Å². The van der Waals surface area contributed by atoms with Crippen LogP contribution in [-0.2, 0) is 19.4 Å². The fraction of sp³-hybridized carbons (Fsp3) is 0.632. The zero-order chi connectivity index (χ0) is 19.0. The van der Waals surface area contributed by atoms with E-state index >= 15 is 0 Å². The summed E-state index contributed by atoms with van der Waals surface area (Å²) in [4.78, 5) is 10.9. The van der Waals surface area contributed by atoms with E-state index in [1.54, 1.807) is 31.2 Å². The van der Waals surface area contributed by atoms with Gasteiger partial charge in [0.05, 0.1) is 16.2 Å². The average Bonchev–Trinajstić information content (AvgIpc) is 2.63. The molecule has 0 aromatic heterocycles. The number of nitrogens with one attached hydrogen (secondary N) is 1. The van der Waals surface area contributed by atoms with Crippen LogP contribution in [0.5, 0.6) is 5.75 Å². The maximum Gasteiger partial charge on any atom is 0.293 e. The highest BCUT2D eigenvalue weighted by molar-refractivity contribution is 7.92. The molecule has 1 aromatic rings. The predicted octanol–water partition coefficient (Wildman–Crippen LogP) is 2.71. The lowest BCUT2D eigenvalue weighted by Crippen LogP contribution is -2.49. The van der Waals surface area contributed by atoms with Crippen LogP contribution in [0.3, 0.4) is 0 Å². The molecule has 0 bridgehead atoms. The number of unbranched alkanes of at least 4 members (excludes halogenated alkanes) is 1. The maximum absolute atomic E-state index is 13.4. The molecule has 26 heavy (non-hydrogen) atoms. The molecule has 1 aromatic carbocycles. The number of hydrogen-bond acceptors (Lipinski definition) is 6. The zero-order valence-electron chi connectivity index (χ0n) is 15.6. The number of hydrogen-bond donors (Lipinski definition) is 1. The van der Waals surface area contributed by atoms with E-state index in [4.69, 9.17) is 9.47 Å². The first-order valence-corrected chi connectivity index (χ1v) is 10.7. The number of benzene rings is 1. The monoisotopic (exact) mass is 383 g/mol. The topological polar surface area (TPSA) is 81.7 Å². The molecule has 0 saturated carbocycles. The fourth-order valence-corrected chi connectivity index (χ4v) is 5.62. The summed E-state index contributed by atoms with van der Waals surface area (Å²) in [6.07, 6.45) is 2.85. The fourth-order valence-electron chi connectivity index (χ4n) is 3.43. The number of carbonyl (C=O) groups excluding carboxylic acids is 1. The van der Waals surface area contributed by atoms with Crippen molar-refractivity contribution in [3.8, 4) is 5.75 Å². The molecule has 2 rings (SSSR count). The lowest BCUT2D eigenvalue weighted by Gasteiger charge is -2.38. The highest BCUT2D eigenvalue weighted by atomic mass is 32.2. The Hall–Kier alpha value is -1.60. The molecule has 7 heteroatoms. The first-order valence-electron chi connectivity index (χ1n) is 9.22. The number of sulfone groups is 1. The Morgan fingerprint density at radius 1 is 1.23 bits per heavy atom. The highest BCUT2D eigenvalue weighted by Gasteiger charge is 2.46. The zero-order valence-corrected chi connectivity index (χ0v) is 16.4. The molecule has 1 aliphatic rings. The van der Waals surface area contributed by atoms with Gasteiger partial charge in [-0.25, -0.2) is 8.42 Å². The molecule has 6 nitrogen and oxygen atoms in total. The largest absolute Gasteiger partial charge is 0.494 e. The number of piperidine rings is 1. The van der Waals surface area contributed by atoms with Gasteiger partial charge >= 0.3 is 0 Å². The van der Waals surface area contributed by atoms with Crippen molar-refractivity contribution < 1.29 is 22.7 Å². The van der Waals surface area contributed by atoms with Gasteiger partial charge in [0.25, 0.3) is 6.47 Å². The van der Waals surface area contributed by atoms with E-state index in [0.717, 1.165) is 12.8 Å². The molecular formula is C19H29NO5S. The van der Waals surface area contributed by atoms with E-state index in [1.165, 1.54) is 0 Å². The van der Waals surface area contributed by atoms with E-state index in [-0.39, 0.29) is 0 Å². The Kier molecular flexibility index (Phi) is 7.46. The summed E-state index contributed by atoms with van der Waals surface area (Å²) in [6.45, 7) is 6.09. The van der Waals surface area contributed by atoms with Gasteiger partial charge in [0.15, 0.2) is 9.84 Å². The first kappa shape index (κ1) is 20.7. The summed E-state index contributed by atoms with van der Waals surface area (Å²) < 4.78 is 36.5. The molecule has 1 saturated heterocycles. The lowest BCUT2D eigenvalue weighted by molar-refractivity contribution is -0.133. The van der Waals surface area contributed by atoms with Gasteiger partial charge in [0.2, 0.25) is 0 Å². The SMILES string of the molecule is CCCCOc1ccc(S(=O)(=O)C2(CC(C)OC=O)CCNCC2)cc1. The van der Waals surface area contributed by atoms with Crippen LogP contribution in [0, 0.1) is 0 Å².